The summed E-state index contributed by atoms with van der Waals surface area (Å²) in [6.07, 6.45) is 0. The molecule has 0 aliphatic rings. The van der Waals surface area contributed by atoms with Crippen molar-refractivity contribution in [2.24, 2.45) is 0 Å². The zero-order chi connectivity index (χ0) is 22.4. The van der Waals surface area contributed by atoms with Crippen molar-refractivity contribution < 1.29 is 9.59 Å². The maximum absolute atomic E-state index is 12.6. The lowest BCUT2D eigenvalue weighted by atomic mass is 10.1. The van der Waals surface area contributed by atoms with Crippen LogP contribution in [0.4, 0.5) is 5.69 Å². The quantitative estimate of drug-likeness (QED) is 0.517. The first-order valence-electron chi connectivity index (χ1n) is 10.2. The summed E-state index contributed by atoms with van der Waals surface area (Å²) in [5.74, 6) is 0.619. The van der Waals surface area contributed by atoms with Gasteiger partial charge in [0.2, 0.25) is 5.91 Å². The van der Waals surface area contributed by atoms with Crippen LogP contribution in [0.25, 0.3) is 0 Å². The molecule has 2 N–H and O–H groups in total. The van der Waals surface area contributed by atoms with Crippen molar-refractivity contribution in [3.63, 3.8) is 0 Å². The average molecular weight is 438 g/mol. The van der Waals surface area contributed by atoms with Crippen molar-refractivity contribution in [2.45, 2.75) is 45.4 Å². The zero-order valence-corrected chi connectivity index (χ0v) is 19.0. The highest BCUT2D eigenvalue weighted by molar-refractivity contribution is 7.99. The maximum atomic E-state index is 12.6. The highest BCUT2D eigenvalue weighted by atomic mass is 32.2. The number of amides is 2. The van der Waals surface area contributed by atoms with Gasteiger partial charge in [-0.25, -0.2) is 0 Å². The Morgan fingerprint density at radius 2 is 1.87 bits per heavy atom. The Labute approximate surface area is 186 Å². The van der Waals surface area contributed by atoms with E-state index in [9.17, 15) is 9.59 Å². The lowest BCUT2D eigenvalue weighted by Gasteiger charge is -2.16. The Morgan fingerprint density at radius 1 is 1.10 bits per heavy atom. The van der Waals surface area contributed by atoms with Crippen molar-refractivity contribution in [1.82, 2.24) is 20.1 Å². The van der Waals surface area contributed by atoms with Crippen molar-refractivity contribution in [1.29, 1.82) is 0 Å². The van der Waals surface area contributed by atoms with Gasteiger partial charge in [0.1, 0.15) is 0 Å². The van der Waals surface area contributed by atoms with E-state index in [0.29, 0.717) is 23.1 Å². The predicted octanol–water partition coefficient (Wildman–Crippen LogP) is 4.14. The number of anilines is 1. The summed E-state index contributed by atoms with van der Waals surface area (Å²) in [6, 6.07) is 14.8. The van der Waals surface area contributed by atoms with Gasteiger partial charge < -0.3 is 15.2 Å². The Morgan fingerprint density at radius 3 is 2.58 bits per heavy atom. The molecule has 1 atom stereocenters. The summed E-state index contributed by atoms with van der Waals surface area (Å²) in [4.78, 5) is 25.0. The van der Waals surface area contributed by atoms with Gasteiger partial charge in [-0.2, -0.15) is 0 Å². The standard InChI is InChI=1S/C23H27N5O2S/c1-5-28-21(17(4)24-22(30)19-12-7-6-10-16(19)3)26-27-23(28)31-14-20(29)25-18-11-8-9-15(2)13-18/h6-13,17H,5,14H2,1-4H3,(H,24,30)(H,25,29)/t17-/m0/s1. The molecular formula is C23H27N5O2S. The number of carbonyl (C=O) groups is 2. The molecule has 0 saturated heterocycles. The number of rotatable bonds is 8. The number of aromatic nitrogens is 3. The van der Waals surface area contributed by atoms with Crippen LogP contribution < -0.4 is 10.6 Å². The van der Waals surface area contributed by atoms with Crippen LogP contribution >= 0.6 is 11.8 Å². The van der Waals surface area contributed by atoms with Crippen molar-refractivity contribution in [2.75, 3.05) is 11.1 Å². The zero-order valence-electron chi connectivity index (χ0n) is 18.2. The highest BCUT2D eigenvalue weighted by Crippen LogP contribution is 2.21. The molecule has 0 unspecified atom stereocenters. The van der Waals surface area contributed by atoms with E-state index >= 15 is 0 Å². The molecule has 7 nitrogen and oxygen atoms in total. The molecule has 0 bridgehead atoms. The van der Waals surface area contributed by atoms with Gasteiger partial charge >= 0.3 is 0 Å². The largest absolute Gasteiger partial charge is 0.342 e. The SMILES string of the molecule is CCn1c(SCC(=O)Nc2cccc(C)c2)nnc1[C@H](C)NC(=O)c1ccccc1C. The number of nitrogens with one attached hydrogen (secondary N) is 2. The van der Waals surface area contributed by atoms with Crippen LogP contribution in [-0.4, -0.2) is 32.3 Å². The number of benzene rings is 2. The molecular weight excluding hydrogens is 410 g/mol. The fourth-order valence-electron chi connectivity index (χ4n) is 3.24. The Balaban J connectivity index is 1.63. The predicted molar refractivity (Wildman–Crippen MR) is 123 cm³/mol. The van der Waals surface area contributed by atoms with Crippen LogP contribution in [0.5, 0.6) is 0 Å². The first kappa shape index (κ1) is 22.6. The number of carbonyl (C=O) groups excluding carboxylic acids is 2. The molecule has 0 fully saturated rings. The number of nitrogens with zero attached hydrogens (tertiary/aromatic N) is 3. The van der Waals surface area contributed by atoms with Crippen LogP contribution in [0.2, 0.25) is 0 Å². The van der Waals surface area contributed by atoms with Gasteiger partial charge in [0.05, 0.1) is 11.8 Å². The molecule has 3 aromatic rings. The van der Waals surface area contributed by atoms with Gasteiger partial charge in [-0.1, -0.05) is 42.1 Å². The van der Waals surface area contributed by atoms with E-state index in [-0.39, 0.29) is 23.6 Å². The third-order valence-corrected chi connectivity index (χ3v) is 5.79. The fourth-order valence-corrected chi connectivity index (χ4v) is 4.05. The summed E-state index contributed by atoms with van der Waals surface area (Å²) in [6.45, 7) is 8.39. The fraction of sp³-hybridized carbons (Fsp3) is 0.304. The summed E-state index contributed by atoms with van der Waals surface area (Å²) in [7, 11) is 0. The molecule has 0 saturated carbocycles. The van der Waals surface area contributed by atoms with Crippen molar-refractivity contribution in [3.05, 3.63) is 71.0 Å². The Bertz CT molecular complexity index is 1080. The minimum atomic E-state index is -0.324. The second-order valence-electron chi connectivity index (χ2n) is 7.30. The van der Waals surface area contributed by atoms with E-state index < -0.39 is 0 Å². The summed E-state index contributed by atoms with van der Waals surface area (Å²) in [5.41, 5.74) is 3.41. The van der Waals surface area contributed by atoms with Gasteiger partial charge in [0.15, 0.2) is 11.0 Å². The molecule has 2 aromatic carbocycles. The smallest absolute Gasteiger partial charge is 0.252 e. The summed E-state index contributed by atoms with van der Waals surface area (Å²) in [5, 5.41) is 15.1. The van der Waals surface area contributed by atoms with Gasteiger partial charge in [-0.15, -0.1) is 10.2 Å². The van der Waals surface area contributed by atoms with Gasteiger partial charge in [0.25, 0.3) is 5.91 Å². The number of aryl methyl sites for hydroxylation is 2. The second-order valence-corrected chi connectivity index (χ2v) is 8.24. The molecule has 1 heterocycles. The van der Waals surface area contributed by atoms with E-state index in [1.165, 1.54) is 11.8 Å². The molecule has 8 heteroatoms. The first-order chi connectivity index (χ1) is 14.9. The molecule has 0 radical (unpaired) electrons. The average Bonchev–Trinajstić information content (AvgIpc) is 3.15. The van der Waals surface area contributed by atoms with E-state index in [1.807, 2.05) is 74.7 Å². The van der Waals surface area contributed by atoms with Crippen molar-refractivity contribution in [3.8, 4) is 0 Å². The topological polar surface area (TPSA) is 88.9 Å². The first-order valence-corrected chi connectivity index (χ1v) is 11.2. The van der Waals surface area contributed by atoms with Gasteiger partial charge in [-0.3, -0.25) is 9.59 Å². The second kappa shape index (κ2) is 10.3. The number of hydrogen-bond donors (Lipinski definition) is 2. The monoisotopic (exact) mass is 437 g/mol. The lowest BCUT2D eigenvalue weighted by Crippen LogP contribution is -2.29. The molecule has 162 valence electrons. The van der Waals surface area contributed by atoms with Crippen LogP contribution in [0.1, 0.15) is 47.2 Å². The Kier molecular flexibility index (Phi) is 7.46. The third kappa shape index (κ3) is 5.73. The number of thioether (sulfide) groups is 1. The van der Waals surface area contributed by atoms with Crippen LogP contribution in [0.15, 0.2) is 53.7 Å². The highest BCUT2D eigenvalue weighted by Gasteiger charge is 2.20. The molecule has 2 amide bonds. The minimum absolute atomic E-state index is 0.108. The van der Waals surface area contributed by atoms with E-state index in [1.54, 1.807) is 6.07 Å². The van der Waals surface area contributed by atoms with E-state index in [2.05, 4.69) is 20.8 Å². The van der Waals surface area contributed by atoms with Crippen LogP contribution in [0.3, 0.4) is 0 Å². The normalized spacial score (nSPS) is 11.7. The molecule has 0 aliphatic carbocycles. The molecule has 3 rings (SSSR count). The molecule has 0 aliphatic heterocycles. The van der Waals surface area contributed by atoms with Gasteiger partial charge in [-0.05, 0) is 57.0 Å². The maximum Gasteiger partial charge on any atom is 0.252 e. The Hall–Kier alpha value is -3.13. The van der Waals surface area contributed by atoms with Gasteiger partial charge in [0, 0.05) is 17.8 Å². The van der Waals surface area contributed by atoms with Crippen molar-refractivity contribution >= 4 is 29.3 Å². The summed E-state index contributed by atoms with van der Waals surface area (Å²) >= 11 is 1.32. The molecule has 0 spiro atoms. The molecule has 31 heavy (non-hydrogen) atoms. The minimum Gasteiger partial charge on any atom is -0.342 e. The lowest BCUT2D eigenvalue weighted by molar-refractivity contribution is -0.113. The van der Waals surface area contributed by atoms with Crippen LogP contribution in [0, 0.1) is 13.8 Å². The third-order valence-electron chi connectivity index (χ3n) is 4.82. The summed E-state index contributed by atoms with van der Waals surface area (Å²) < 4.78 is 1.92. The van der Waals surface area contributed by atoms with Crippen LogP contribution in [-0.2, 0) is 11.3 Å². The number of hydrogen-bond acceptors (Lipinski definition) is 5. The van der Waals surface area contributed by atoms with E-state index in [4.69, 9.17) is 0 Å². The molecule has 1 aromatic heterocycles. The van der Waals surface area contributed by atoms with E-state index in [0.717, 1.165) is 16.8 Å².